The topological polar surface area (TPSA) is 75.7 Å². The summed E-state index contributed by atoms with van der Waals surface area (Å²) in [5.74, 6) is 0.0198. The largest absolute Gasteiger partial charge is 0.379 e. The molecule has 1 atom stereocenters. The second kappa shape index (κ2) is 10.2. The fraction of sp³-hybridized carbons (Fsp3) is 0.435. The molecule has 0 bridgehead atoms. The molecule has 1 N–H and O–H groups in total. The SMILES string of the molecule is CCC(CC)C(NC(=O)c1cccc(S(=O)(=O)N2CCOCC2)c1)c1ccccc1. The molecular formula is C23H30N2O4S. The van der Waals surface area contributed by atoms with E-state index in [4.69, 9.17) is 4.74 Å². The first-order chi connectivity index (χ1) is 14.5. The number of hydrogen-bond donors (Lipinski definition) is 1. The number of ether oxygens (including phenoxy) is 1. The van der Waals surface area contributed by atoms with E-state index in [2.05, 4.69) is 19.2 Å². The van der Waals surface area contributed by atoms with E-state index >= 15 is 0 Å². The number of nitrogens with one attached hydrogen (secondary N) is 1. The lowest BCUT2D eigenvalue weighted by molar-refractivity contribution is 0.0730. The summed E-state index contributed by atoms with van der Waals surface area (Å²) < 4.78 is 32.5. The minimum absolute atomic E-state index is 0.131. The quantitative estimate of drug-likeness (QED) is 0.694. The van der Waals surface area contributed by atoms with E-state index in [1.54, 1.807) is 12.1 Å². The van der Waals surface area contributed by atoms with Crippen molar-refractivity contribution in [1.82, 2.24) is 9.62 Å². The monoisotopic (exact) mass is 430 g/mol. The molecule has 162 valence electrons. The number of rotatable bonds is 8. The maximum Gasteiger partial charge on any atom is 0.251 e. The number of morpholine rings is 1. The van der Waals surface area contributed by atoms with Crippen molar-refractivity contribution in [1.29, 1.82) is 0 Å². The molecular weight excluding hydrogens is 400 g/mol. The van der Waals surface area contributed by atoms with E-state index in [9.17, 15) is 13.2 Å². The molecule has 0 aliphatic carbocycles. The third-order valence-corrected chi connectivity index (χ3v) is 7.56. The molecule has 1 saturated heterocycles. The van der Waals surface area contributed by atoms with Gasteiger partial charge in [0.2, 0.25) is 10.0 Å². The molecule has 30 heavy (non-hydrogen) atoms. The lowest BCUT2D eigenvalue weighted by atomic mass is 9.88. The highest BCUT2D eigenvalue weighted by Gasteiger charge is 2.28. The summed E-state index contributed by atoms with van der Waals surface area (Å²) in [7, 11) is -3.65. The molecule has 0 spiro atoms. The number of benzene rings is 2. The van der Waals surface area contributed by atoms with Gasteiger partial charge in [-0.15, -0.1) is 0 Å². The zero-order valence-electron chi connectivity index (χ0n) is 17.6. The Morgan fingerprint density at radius 2 is 1.70 bits per heavy atom. The summed E-state index contributed by atoms with van der Waals surface area (Å²) in [6.45, 7) is 5.64. The summed E-state index contributed by atoms with van der Waals surface area (Å²) >= 11 is 0. The van der Waals surface area contributed by atoms with Crippen LogP contribution in [0.15, 0.2) is 59.5 Å². The maximum atomic E-state index is 13.1. The van der Waals surface area contributed by atoms with Gasteiger partial charge < -0.3 is 10.1 Å². The van der Waals surface area contributed by atoms with Gasteiger partial charge in [-0.2, -0.15) is 4.31 Å². The third kappa shape index (κ3) is 5.09. The van der Waals surface area contributed by atoms with Gasteiger partial charge in [-0.05, 0) is 29.7 Å². The van der Waals surface area contributed by atoms with Crippen molar-refractivity contribution in [2.45, 2.75) is 37.6 Å². The predicted molar refractivity (Wildman–Crippen MR) is 117 cm³/mol. The van der Waals surface area contributed by atoms with Crippen molar-refractivity contribution in [3.05, 3.63) is 65.7 Å². The fourth-order valence-corrected chi connectivity index (χ4v) is 5.31. The van der Waals surface area contributed by atoms with Gasteiger partial charge in [0.25, 0.3) is 5.91 Å². The lowest BCUT2D eigenvalue weighted by Gasteiger charge is -2.27. The van der Waals surface area contributed by atoms with Crippen LogP contribution < -0.4 is 5.32 Å². The Bertz CT molecular complexity index is 937. The van der Waals surface area contributed by atoms with E-state index in [-0.39, 0.29) is 22.8 Å². The van der Waals surface area contributed by atoms with Gasteiger partial charge in [-0.1, -0.05) is 63.1 Å². The van der Waals surface area contributed by atoms with Crippen molar-refractivity contribution in [3.63, 3.8) is 0 Å². The van der Waals surface area contributed by atoms with Gasteiger partial charge in [0.1, 0.15) is 0 Å². The average Bonchev–Trinajstić information content (AvgIpc) is 2.80. The molecule has 1 unspecified atom stereocenters. The molecule has 0 aromatic heterocycles. The number of sulfonamides is 1. The smallest absolute Gasteiger partial charge is 0.251 e. The average molecular weight is 431 g/mol. The highest BCUT2D eigenvalue weighted by Crippen LogP contribution is 2.28. The van der Waals surface area contributed by atoms with Crippen LogP contribution in [-0.2, 0) is 14.8 Å². The highest BCUT2D eigenvalue weighted by molar-refractivity contribution is 7.89. The molecule has 2 aromatic carbocycles. The Labute approximate surface area is 179 Å². The Balaban J connectivity index is 1.84. The Kier molecular flexibility index (Phi) is 7.64. The van der Waals surface area contributed by atoms with E-state index < -0.39 is 10.0 Å². The van der Waals surface area contributed by atoms with Crippen molar-refractivity contribution in [2.24, 2.45) is 5.92 Å². The lowest BCUT2D eigenvalue weighted by Crippen LogP contribution is -2.40. The zero-order valence-corrected chi connectivity index (χ0v) is 18.4. The van der Waals surface area contributed by atoms with Crippen LogP contribution in [0.4, 0.5) is 0 Å². The van der Waals surface area contributed by atoms with Gasteiger partial charge in [0, 0.05) is 18.7 Å². The van der Waals surface area contributed by atoms with Gasteiger partial charge in [0.05, 0.1) is 24.2 Å². The molecule has 1 amide bonds. The van der Waals surface area contributed by atoms with Crippen LogP contribution in [0, 0.1) is 5.92 Å². The van der Waals surface area contributed by atoms with Crippen molar-refractivity contribution in [2.75, 3.05) is 26.3 Å². The zero-order chi connectivity index (χ0) is 21.6. The molecule has 1 aliphatic heterocycles. The normalized spacial score (nSPS) is 16.4. The molecule has 6 nitrogen and oxygen atoms in total. The van der Waals surface area contributed by atoms with Crippen molar-refractivity contribution >= 4 is 15.9 Å². The van der Waals surface area contributed by atoms with E-state index in [1.807, 2.05) is 30.3 Å². The Hall–Kier alpha value is -2.22. The summed E-state index contributed by atoms with van der Waals surface area (Å²) in [4.78, 5) is 13.2. The van der Waals surface area contributed by atoms with Gasteiger partial charge >= 0.3 is 0 Å². The van der Waals surface area contributed by atoms with Gasteiger partial charge in [0.15, 0.2) is 0 Å². The standard InChI is InChI=1S/C23H30N2O4S/c1-3-18(4-2)22(19-9-6-5-7-10-19)24-23(26)20-11-8-12-21(17-20)30(27,28)25-13-15-29-16-14-25/h5-12,17-18,22H,3-4,13-16H2,1-2H3,(H,24,26). The number of amides is 1. The third-order valence-electron chi connectivity index (χ3n) is 5.67. The number of nitrogens with zero attached hydrogens (tertiary/aromatic N) is 1. The van der Waals surface area contributed by atoms with Crippen LogP contribution in [0.2, 0.25) is 0 Å². The first-order valence-electron chi connectivity index (χ1n) is 10.5. The minimum Gasteiger partial charge on any atom is -0.379 e. The summed E-state index contributed by atoms with van der Waals surface area (Å²) in [5.41, 5.74) is 1.40. The van der Waals surface area contributed by atoms with Crippen LogP contribution in [0.3, 0.4) is 0 Å². The molecule has 1 fully saturated rings. The molecule has 3 rings (SSSR count). The Morgan fingerprint density at radius 3 is 2.33 bits per heavy atom. The molecule has 1 aliphatic rings. The van der Waals surface area contributed by atoms with Crippen LogP contribution in [0.5, 0.6) is 0 Å². The van der Waals surface area contributed by atoms with Crippen LogP contribution in [-0.4, -0.2) is 44.9 Å². The maximum absolute atomic E-state index is 13.1. The van der Waals surface area contributed by atoms with E-state index in [1.165, 1.54) is 16.4 Å². The van der Waals surface area contributed by atoms with Gasteiger partial charge in [-0.25, -0.2) is 8.42 Å². The summed E-state index contributed by atoms with van der Waals surface area (Å²) in [6, 6.07) is 16.1. The molecule has 0 radical (unpaired) electrons. The molecule has 1 heterocycles. The number of hydrogen-bond acceptors (Lipinski definition) is 4. The van der Waals surface area contributed by atoms with E-state index in [0.29, 0.717) is 31.9 Å². The number of carbonyl (C=O) groups excluding carboxylic acids is 1. The first-order valence-corrected chi connectivity index (χ1v) is 11.9. The fourth-order valence-electron chi connectivity index (χ4n) is 3.85. The number of carbonyl (C=O) groups is 1. The van der Waals surface area contributed by atoms with Crippen molar-refractivity contribution in [3.8, 4) is 0 Å². The van der Waals surface area contributed by atoms with Crippen LogP contribution >= 0.6 is 0 Å². The van der Waals surface area contributed by atoms with Crippen LogP contribution in [0.25, 0.3) is 0 Å². The minimum atomic E-state index is -3.65. The van der Waals surface area contributed by atoms with Crippen molar-refractivity contribution < 1.29 is 17.9 Å². The summed E-state index contributed by atoms with van der Waals surface area (Å²) in [6.07, 6.45) is 1.86. The summed E-state index contributed by atoms with van der Waals surface area (Å²) in [5, 5.41) is 3.14. The van der Waals surface area contributed by atoms with Gasteiger partial charge in [-0.3, -0.25) is 4.79 Å². The first kappa shape index (κ1) is 22.5. The molecule has 2 aromatic rings. The molecule has 7 heteroatoms. The second-order valence-corrected chi connectivity index (χ2v) is 9.42. The Morgan fingerprint density at radius 1 is 1.03 bits per heavy atom. The van der Waals surface area contributed by atoms with E-state index in [0.717, 1.165) is 18.4 Å². The molecule has 0 saturated carbocycles. The second-order valence-electron chi connectivity index (χ2n) is 7.48. The van der Waals surface area contributed by atoms with Crippen LogP contribution in [0.1, 0.15) is 48.7 Å². The predicted octanol–water partition coefficient (Wildman–Crippen LogP) is 3.61. The highest BCUT2D eigenvalue weighted by atomic mass is 32.2.